The van der Waals surface area contributed by atoms with E-state index in [4.69, 9.17) is 10.2 Å². The summed E-state index contributed by atoms with van der Waals surface area (Å²) in [4.78, 5) is 37.1. The number of nitrogens with zero attached hydrogens (tertiary/aromatic N) is 3. The molecule has 2 aromatic heterocycles. The lowest BCUT2D eigenvalue weighted by atomic mass is 9.85. The van der Waals surface area contributed by atoms with Crippen molar-refractivity contribution in [1.82, 2.24) is 13.5 Å². The number of benzene rings is 2. The molecule has 1 unspecified atom stereocenters. The molecular formula is C28H27N3O7S. The Hall–Kier alpha value is -4.51. The lowest BCUT2D eigenvalue weighted by Crippen LogP contribution is -2.28. The standard InChI is InChI=1S/C24H23N3O3S.C4H4O4/c1-16-7-10-19(11-8-16)31(29,30)27-21-6-4-3-5-20(21)23-22(27)12-9-18(24(23)28)15-26-14-13-25-17(26)2;5-3(6)1-2-4(7)8/h3-8,10-11,13-14,18H,9,12,15H2,1-2H3;1-2H,(H,5,6)(H,7,8). The fourth-order valence-electron chi connectivity index (χ4n) is 4.65. The van der Waals surface area contributed by atoms with E-state index in [2.05, 4.69) is 4.98 Å². The minimum atomic E-state index is -3.83. The zero-order valence-electron chi connectivity index (χ0n) is 21.3. The summed E-state index contributed by atoms with van der Waals surface area (Å²) in [6.45, 7) is 4.39. The number of aliphatic carboxylic acids is 2. The zero-order chi connectivity index (χ0) is 28.3. The van der Waals surface area contributed by atoms with Gasteiger partial charge in [0.2, 0.25) is 0 Å². The van der Waals surface area contributed by atoms with Crippen LogP contribution >= 0.6 is 0 Å². The highest BCUT2D eigenvalue weighted by Crippen LogP contribution is 2.37. The fraction of sp³-hybridized carbons (Fsp3) is 0.214. The van der Waals surface area contributed by atoms with E-state index >= 15 is 0 Å². The van der Waals surface area contributed by atoms with Crippen LogP contribution in [0.5, 0.6) is 0 Å². The van der Waals surface area contributed by atoms with E-state index < -0.39 is 22.0 Å². The molecule has 0 saturated carbocycles. The molecule has 39 heavy (non-hydrogen) atoms. The minimum Gasteiger partial charge on any atom is -0.478 e. The molecule has 2 heterocycles. The number of ketones is 1. The van der Waals surface area contributed by atoms with Gasteiger partial charge in [0.15, 0.2) is 5.78 Å². The first kappa shape index (κ1) is 27.5. The predicted octanol–water partition coefficient (Wildman–Crippen LogP) is 3.85. The Morgan fingerprint density at radius 3 is 2.26 bits per heavy atom. The molecule has 1 aliphatic rings. The monoisotopic (exact) mass is 549 g/mol. The first-order valence-electron chi connectivity index (χ1n) is 12.1. The summed E-state index contributed by atoms with van der Waals surface area (Å²) in [6.07, 6.45) is 5.85. The number of hydrogen-bond donors (Lipinski definition) is 2. The number of carboxylic acid groups (broad SMARTS) is 2. The Kier molecular flexibility index (Phi) is 7.82. The van der Waals surface area contributed by atoms with E-state index in [-0.39, 0.29) is 16.6 Å². The van der Waals surface area contributed by atoms with Crippen molar-refractivity contribution in [2.24, 2.45) is 5.92 Å². The number of aromatic nitrogens is 3. The molecule has 5 rings (SSSR count). The molecule has 0 fully saturated rings. The van der Waals surface area contributed by atoms with E-state index in [0.717, 1.165) is 11.4 Å². The third-order valence-corrected chi connectivity index (χ3v) is 8.31. The van der Waals surface area contributed by atoms with Gasteiger partial charge in [0, 0.05) is 53.7 Å². The molecule has 0 spiro atoms. The van der Waals surface area contributed by atoms with Crippen LogP contribution in [0.25, 0.3) is 10.9 Å². The second-order valence-electron chi connectivity index (χ2n) is 9.16. The number of Topliss-reactive ketones (excluding diaryl/α,β-unsaturated/α-hetero) is 1. The van der Waals surface area contributed by atoms with Crippen LogP contribution in [-0.2, 0) is 32.6 Å². The Morgan fingerprint density at radius 1 is 1.03 bits per heavy atom. The first-order valence-corrected chi connectivity index (χ1v) is 13.5. The molecule has 2 N–H and O–H groups in total. The minimum absolute atomic E-state index is 0.00315. The molecule has 1 atom stereocenters. The number of carboxylic acids is 2. The van der Waals surface area contributed by atoms with Gasteiger partial charge in [0.1, 0.15) is 5.82 Å². The van der Waals surface area contributed by atoms with Crippen molar-refractivity contribution in [3.8, 4) is 0 Å². The van der Waals surface area contributed by atoms with Crippen LogP contribution in [0.4, 0.5) is 0 Å². The molecule has 11 heteroatoms. The number of fused-ring (bicyclic) bond motifs is 3. The second-order valence-corrected chi connectivity index (χ2v) is 10.9. The number of aryl methyl sites for hydroxylation is 2. The topological polar surface area (TPSA) is 149 Å². The quantitative estimate of drug-likeness (QED) is 0.345. The molecule has 1 aliphatic carbocycles. The van der Waals surface area contributed by atoms with Crippen LogP contribution < -0.4 is 0 Å². The maximum Gasteiger partial charge on any atom is 0.328 e. The molecule has 0 radical (unpaired) electrons. The van der Waals surface area contributed by atoms with Crippen molar-refractivity contribution in [3.63, 3.8) is 0 Å². The molecule has 202 valence electrons. The van der Waals surface area contributed by atoms with Crippen molar-refractivity contribution in [2.45, 2.75) is 38.1 Å². The normalized spacial score (nSPS) is 15.1. The summed E-state index contributed by atoms with van der Waals surface area (Å²) in [7, 11) is -3.83. The van der Waals surface area contributed by atoms with Gasteiger partial charge in [-0.3, -0.25) is 4.79 Å². The molecule has 2 aromatic carbocycles. The predicted molar refractivity (Wildman–Crippen MR) is 143 cm³/mol. The van der Waals surface area contributed by atoms with Crippen LogP contribution in [0, 0.1) is 19.8 Å². The van der Waals surface area contributed by atoms with E-state index in [0.29, 0.717) is 53.7 Å². The fourth-order valence-corrected chi connectivity index (χ4v) is 6.23. The summed E-state index contributed by atoms with van der Waals surface area (Å²) in [5.41, 5.74) is 2.68. The Balaban J connectivity index is 0.000000386. The third kappa shape index (κ3) is 5.68. The van der Waals surface area contributed by atoms with E-state index in [9.17, 15) is 22.8 Å². The van der Waals surface area contributed by atoms with Crippen LogP contribution in [0.3, 0.4) is 0 Å². The number of rotatable bonds is 6. The third-order valence-electron chi connectivity index (χ3n) is 6.54. The van der Waals surface area contributed by atoms with Gasteiger partial charge in [0.05, 0.1) is 10.4 Å². The highest BCUT2D eigenvalue weighted by molar-refractivity contribution is 7.90. The average Bonchev–Trinajstić information content (AvgIpc) is 3.46. The SMILES string of the molecule is Cc1ccc(S(=O)(=O)n2c3c(c4ccccc42)C(=O)C(Cn2ccnc2C)CC3)cc1.O=C(O)C=CC(=O)O. The van der Waals surface area contributed by atoms with Gasteiger partial charge in [-0.05, 0) is 44.9 Å². The van der Waals surface area contributed by atoms with Crippen LogP contribution in [-0.4, -0.2) is 49.9 Å². The summed E-state index contributed by atoms with van der Waals surface area (Å²) in [5.74, 6) is -1.85. The Bertz CT molecular complexity index is 1680. The van der Waals surface area contributed by atoms with Gasteiger partial charge in [-0.1, -0.05) is 35.9 Å². The van der Waals surface area contributed by atoms with E-state index in [1.807, 2.05) is 42.8 Å². The summed E-state index contributed by atoms with van der Waals surface area (Å²) < 4.78 is 30.6. The smallest absolute Gasteiger partial charge is 0.328 e. The number of imidazole rings is 1. The van der Waals surface area contributed by atoms with E-state index in [1.165, 1.54) is 3.97 Å². The summed E-state index contributed by atoms with van der Waals surface area (Å²) in [6, 6.07) is 14.1. The summed E-state index contributed by atoms with van der Waals surface area (Å²) in [5, 5.41) is 16.3. The largest absolute Gasteiger partial charge is 0.478 e. The molecule has 0 saturated heterocycles. The maximum atomic E-state index is 13.6. The Labute approximate surface area is 224 Å². The number of para-hydroxylation sites is 1. The van der Waals surface area contributed by atoms with E-state index in [1.54, 1.807) is 36.5 Å². The van der Waals surface area contributed by atoms with Gasteiger partial charge in [0.25, 0.3) is 10.0 Å². The zero-order valence-corrected chi connectivity index (χ0v) is 22.1. The van der Waals surface area contributed by atoms with Crippen LogP contribution in [0.2, 0.25) is 0 Å². The van der Waals surface area contributed by atoms with Crippen LogP contribution in [0.15, 0.2) is 78.0 Å². The van der Waals surface area contributed by atoms with Gasteiger partial charge < -0.3 is 14.8 Å². The van der Waals surface area contributed by atoms with Gasteiger partial charge in [-0.2, -0.15) is 0 Å². The molecule has 4 aromatic rings. The van der Waals surface area contributed by atoms with Gasteiger partial charge in [-0.25, -0.2) is 27.0 Å². The Morgan fingerprint density at radius 2 is 1.67 bits per heavy atom. The van der Waals surface area contributed by atoms with Gasteiger partial charge >= 0.3 is 11.9 Å². The average molecular weight is 550 g/mol. The van der Waals surface area contributed by atoms with Crippen LogP contribution in [0.1, 0.15) is 33.9 Å². The van der Waals surface area contributed by atoms with Gasteiger partial charge in [-0.15, -0.1) is 0 Å². The number of hydrogen-bond acceptors (Lipinski definition) is 6. The maximum absolute atomic E-state index is 13.6. The highest BCUT2D eigenvalue weighted by atomic mass is 32.2. The van der Waals surface area contributed by atoms with Crippen molar-refractivity contribution >= 4 is 38.6 Å². The molecule has 10 nitrogen and oxygen atoms in total. The lowest BCUT2D eigenvalue weighted by Gasteiger charge is -2.23. The lowest BCUT2D eigenvalue weighted by molar-refractivity contribution is -0.134. The number of carbonyl (C=O) groups is 3. The molecular weight excluding hydrogens is 522 g/mol. The first-order chi connectivity index (χ1) is 18.5. The van der Waals surface area contributed by atoms with Crippen molar-refractivity contribution in [1.29, 1.82) is 0 Å². The molecule has 0 amide bonds. The van der Waals surface area contributed by atoms with Crippen molar-refractivity contribution < 1.29 is 33.0 Å². The van der Waals surface area contributed by atoms with Crippen molar-refractivity contribution in [3.05, 3.63) is 95.7 Å². The number of carbonyl (C=O) groups excluding carboxylic acids is 1. The second kappa shape index (κ2) is 11.1. The highest BCUT2D eigenvalue weighted by Gasteiger charge is 2.36. The summed E-state index contributed by atoms with van der Waals surface area (Å²) >= 11 is 0. The molecule has 0 aliphatic heterocycles. The molecule has 0 bridgehead atoms. The van der Waals surface area contributed by atoms with Crippen molar-refractivity contribution in [2.75, 3.05) is 0 Å².